The first-order valence-electron chi connectivity index (χ1n) is 8.17. The van der Waals surface area contributed by atoms with Crippen molar-refractivity contribution >= 4 is 23.4 Å². The number of pyridine rings is 1. The lowest BCUT2D eigenvalue weighted by atomic mass is 10.1. The number of nitrogens with one attached hydrogen (secondary N) is 1. The number of primary amides is 1. The smallest absolute Gasteiger partial charge is 0.321 e. The minimum absolute atomic E-state index is 0.181. The van der Waals surface area contributed by atoms with Crippen LogP contribution in [0.1, 0.15) is 15.9 Å². The molecule has 130 valence electrons. The number of hydrogen-bond donors (Lipinski definition) is 2. The second-order valence-corrected chi connectivity index (χ2v) is 5.99. The summed E-state index contributed by atoms with van der Waals surface area (Å²) in [6.07, 6.45) is 1.77. The molecule has 0 aliphatic carbocycles. The van der Waals surface area contributed by atoms with Crippen LogP contribution in [0.25, 0.3) is 0 Å². The average molecular weight is 339 g/mol. The number of nitrogens with two attached hydrogens (primary N) is 1. The highest BCUT2D eigenvalue weighted by atomic mass is 16.2. The quantitative estimate of drug-likeness (QED) is 0.892. The number of nitrogens with zero attached hydrogens (tertiary/aromatic N) is 3. The van der Waals surface area contributed by atoms with E-state index in [1.165, 1.54) is 0 Å². The lowest BCUT2D eigenvalue weighted by Crippen LogP contribution is -2.50. The number of piperazine rings is 1. The van der Waals surface area contributed by atoms with E-state index < -0.39 is 5.91 Å². The third kappa shape index (κ3) is 3.88. The van der Waals surface area contributed by atoms with Crippen LogP contribution in [0.4, 0.5) is 16.3 Å². The minimum atomic E-state index is -0.502. The highest BCUT2D eigenvalue weighted by molar-refractivity contribution is 5.97. The van der Waals surface area contributed by atoms with Crippen molar-refractivity contribution in [2.75, 3.05) is 36.4 Å². The van der Waals surface area contributed by atoms with E-state index in [0.717, 1.165) is 24.5 Å². The SMILES string of the molecule is Cc1ccc(NC(=O)N2CCN(c3ccccn3)CC2)cc1C(N)=O. The highest BCUT2D eigenvalue weighted by Crippen LogP contribution is 2.17. The summed E-state index contributed by atoms with van der Waals surface area (Å²) in [7, 11) is 0. The fourth-order valence-corrected chi connectivity index (χ4v) is 2.85. The van der Waals surface area contributed by atoms with Gasteiger partial charge in [0.2, 0.25) is 5.91 Å². The van der Waals surface area contributed by atoms with Gasteiger partial charge in [0.1, 0.15) is 5.82 Å². The molecule has 1 aliphatic rings. The molecule has 3 N–H and O–H groups in total. The number of aryl methyl sites for hydroxylation is 1. The van der Waals surface area contributed by atoms with E-state index in [4.69, 9.17) is 5.73 Å². The van der Waals surface area contributed by atoms with Crippen LogP contribution in [0.5, 0.6) is 0 Å². The number of carbonyl (C=O) groups is 2. The summed E-state index contributed by atoms with van der Waals surface area (Å²) in [6.45, 7) is 4.48. The molecule has 0 unspecified atom stereocenters. The highest BCUT2D eigenvalue weighted by Gasteiger charge is 2.22. The van der Waals surface area contributed by atoms with Crippen LogP contribution in [-0.2, 0) is 0 Å². The van der Waals surface area contributed by atoms with Gasteiger partial charge in [-0.3, -0.25) is 4.79 Å². The van der Waals surface area contributed by atoms with E-state index in [2.05, 4.69) is 15.2 Å². The van der Waals surface area contributed by atoms with Crippen LogP contribution in [0, 0.1) is 6.92 Å². The third-order valence-electron chi connectivity index (χ3n) is 4.29. The van der Waals surface area contributed by atoms with Crippen molar-refractivity contribution in [1.82, 2.24) is 9.88 Å². The van der Waals surface area contributed by atoms with Gasteiger partial charge >= 0.3 is 6.03 Å². The number of aromatic nitrogens is 1. The summed E-state index contributed by atoms with van der Waals surface area (Å²) >= 11 is 0. The molecule has 3 amide bonds. The zero-order chi connectivity index (χ0) is 17.8. The number of carbonyl (C=O) groups excluding carboxylic acids is 2. The molecule has 1 fully saturated rings. The monoisotopic (exact) mass is 339 g/mol. The first kappa shape index (κ1) is 16.8. The Hall–Kier alpha value is -3.09. The predicted molar refractivity (Wildman–Crippen MR) is 96.7 cm³/mol. The van der Waals surface area contributed by atoms with Gasteiger partial charge in [0, 0.05) is 43.6 Å². The number of anilines is 2. The van der Waals surface area contributed by atoms with Crippen LogP contribution in [-0.4, -0.2) is 48.0 Å². The van der Waals surface area contributed by atoms with Gasteiger partial charge < -0.3 is 20.9 Å². The van der Waals surface area contributed by atoms with Gasteiger partial charge in [-0.1, -0.05) is 12.1 Å². The fraction of sp³-hybridized carbons (Fsp3) is 0.278. The van der Waals surface area contributed by atoms with Gasteiger partial charge in [-0.2, -0.15) is 0 Å². The zero-order valence-electron chi connectivity index (χ0n) is 14.1. The molecule has 1 aromatic heterocycles. The maximum atomic E-state index is 12.4. The number of amides is 3. The second-order valence-electron chi connectivity index (χ2n) is 5.99. The summed E-state index contributed by atoms with van der Waals surface area (Å²) in [4.78, 5) is 32.1. The van der Waals surface area contributed by atoms with Crippen LogP contribution in [0.3, 0.4) is 0 Å². The Balaban J connectivity index is 1.60. The first-order valence-corrected chi connectivity index (χ1v) is 8.17. The maximum absolute atomic E-state index is 12.4. The largest absolute Gasteiger partial charge is 0.366 e. The van der Waals surface area contributed by atoms with E-state index >= 15 is 0 Å². The predicted octanol–water partition coefficient (Wildman–Crippen LogP) is 1.84. The van der Waals surface area contributed by atoms with Crippen LogP contribution in [0.2, 0.25) is 0 Å². The number of urea groups is 1. The van der Waals surface area contributed by atoms with Crippen LogP contribution >= 0.6 is 0 Å². The molecule has 1 aromatic carbocycles. The van der Waals surface area contributed by atoms with E-state index in [9.17, 15) is 9.59 Å². The standard InChI is InChI=1S/C18H21N5O2/c1-13-5-6-14(12-15(13)17(19)24)21-18(25)23-10-8-22(9-11-23)16-4-2-3-7-20-16/h2-7,12H,8-11H2,1H3,(H2,19,24)(H,21,25). The topological polar surface area (TPSA) is 91.6 Å². The molecule has 2 aromatic rings. The molecule has 0 spiro atoms. The van der Waals surface area contributed by atoms with E-state index in [1.807, 2.05) is 25.1 Å². The van der Waals surface area contributed by atoms with E-state index in [-0.39, 0.29) is 6.03 Å². The van der Waals surface area contributed by atoms with Gasteiger partial charge in [0.25, 0.3) is 0 Å². The summed E-state index contributed by atoms with van der Waals surface area (Å²) in [6, 6.07) is 10.8. The fourth-order valence-electron chi connectivity index (χ4n) is 2.85. The molecule has 0 atom stereocenters. The van der Waals surface area contributed by atoms with Gasteiger partial charge in [0.15, 0.2) is 0 Å². The van der Waals surface area contributed by atoms with Crippen molar-refractivity contribution in [1.29, 1.82) is 0 Å². The second kappa shape index (κ2) is 7.21. The normalized spacial score (nSPS) is 14.3. The molecule has 2 heterocycles. The van der Waals surface area contributed by atoms with E-state index in [0.29, 0.717) is 24.3 Å². The van der Waals surface area contributed by atoms with Gasteiger partial charge in [-0.25, -0.2) is 9.78 Å². The van der Waals surface area contributed by atoms with Crippen molar-refractivity contribution in [2.24, 2.45) is 5.73 Å². The number of hydrogen-bond acceptors (Lipinski definition) is 4. The van der Waals surface area contributed by atoms with E-state index in [1.54, 1.807) is 29.3 Å². The van der Waals surface area contributed by atoms with Crippen molar-refractivity contribution < 1.29 is 9.59 Å². The first-order chi connectivity index (χ1) is 12.0. The Kier molecular flexibility index (Phi) is 4.83. The Morgan fingerprint density at radius 2 is 1.88 bits per heavy atom. The molecule has 0 radical (unpaired) electrons. The molecule has 25 heavy (non-hydrogen) atoms. The lowest BCUT2D eigenvalue weighted by Gasteiger charge is -2.35. The third-order valence-corrected chi connectivity index (χ3v) is 4.29. The van der Waals surface area contributed by atoms with Crippen molar-refractivity contribution in [3.05, 3.63) is 53.7 Å². The van der Waals surface area contributed by atoms with Crippen molar-refractivity contribution in [3.63, 3.8) is 0 Å². The molecule has 3 rings (SSSR count). The summed E-state index contributed by atoms with van der Waals surface area (Å²) < 4.78 is 0. The van der Waals surface area contributed by atoms with Crippen molar-refractivity contribution in [2.45, 2.75) is 6.92 Å². The lowest BCUT2D eigenvalue weighted by molar-refractivity contribution is 0.0999. The Morgan fingerprint density at radius 3 is 2.52 bits per heavy atom. The van der Waals surface area contributed by atoms with Crippen molar-refractivity contribution in [3.8, 4) is 0 Å². The van der Waals surface area contributed by atoms with Gasteiger partial charge in [-0.15, -0.1) is 0 Å². The maximum Gasteiger partial charge on any atom is 0.321 e. The Morgan fingerprint density at radius 1 is 1.12 bits per heavy atom. The Bertz CT molecular complexity index is 770. The van der Waals surface area contributed by atoms with Gasteiger partial charge in [-0.05, 0) is 36.8 Å². The molecule has 0 bridgehead atoms. The summed E-state index contributed by atoms with van der Waals surface area (Å²) in [5.74, 6) is 0.421. The summed E-state index contributed by atoms with van der Waals surface area (Å²) in [5, 5.41) is 2.83. The van der Waals surface area contributed by atoms with Crippen LogP contribution in [0.15, 0.2) is 42.6 Å². The van der Waals surface area contributed by atoms with Crippen LogP contribution < -0.4 is 16.0 Å². The summed E-state index contributed by atoms with van der Waals surface area (Å²) in [5.41, 5.74) is 7.12. The number of rotatable bonds is 3. The minimum Gasteiger partial charge on any atom is -0.366 e. The van der Waals surface area contributed by atoms with Gasteiger partial charge in [0.05, 0.1) is 0 Å². The Labute approximate surface area is 146 Å². The number of benzene rings is 1. The molecule has 7 nitrogen and oxygen atoms in total. The average Bonchev–Trinajstić information content (AvgIpc) is 2.64. The molecule has 1 saturated heterocycles. The zero-order valence-corrected chi connectivity index (χ0v) is 14.1. The molecular formula is C18H21N5O2. The molecule has 1 aliphatic heterocycles. The molecule has 7 heteroatoms. The molecule has 0 saturated carbocycles. The molecular weight excluding hydrogens is 318 g/mol.